The maximum Gasteiger partial charge on any atom is 0.191 e. The van der Waals surface area contributed by atoms with E-state index >= 15 is 0 Å². The molecule has 1 aromatic heterocycles. The molecule has 1 aromatic carbocycles. The predicted octanol–water partition coefficient (Wildman–Crippen LogP) is 3.85. The molecule has 31 heavy (non-hydrogen) atoms. The minimum Gasteiger partial charge on any atom is -0.490 e. The lowest BCUT2D eigenvalue weighted by molar-refractivity contribution is 0.296. The van der Waals surface area contributed by atoms with Crippen molar-refractivity contribution in [3.63, 3.8) is 0 Å². The summed E-state index contributed by atoms with van der Waals surface area (Å²) >= 11 is 6.31. The highest BCUT2D eigenvalue weighted by Crippen LogP contribution is 2.33. The summed E-state index contributed by atoms with van der Waals surface area (Å²) in [7, 11) is 0. The van der Waals surface area contributed by atoms with Gasteiger partial charge in [0.2, 0.25) is 0 Å². The lowest BCUT2D eigenvalue weighted by Gasteiger charge is -2.20. The van der Waals surface area contributed by atoms with Crippen LogP contribution in [0.2, 0.25) is 5.02 Å². The number of aliphatic imine (C=N–C) groups is 1. The van der Waals surface area contributed by atoms with Gasteiger partial charge in [0, 0.05) is 43.9 Å². The zero-order valence-corrected chi connectivity index (χ0v) is 20.7. The van der Waals surface area contributed by atoms with Crippen molar-refractivity contribution in [1.29, 1.82) is 0 Å². The lowest BCUT2D eigenvalue weighted by atomic mass is 10.2. The van der Waals surface area contributed by atoms with Crippen molar-refractivity contribution >= 4 is 47.4 Å². The first-order valence-electron chi connectivity index (χ1n) is 10.5. The Balaban J connectivity index is 0.00000272. The molecule has 0 bridgehead atoms. The topological polar surface area (TPSA) is 71.0 Å². The Morgan fingerprint density at radius 2 is 2.13 bits per heavy atom. The van der Waals surface area contributed by atoms with Crippen molar-refractivity contribution in [1.82, 2.24) is 15.6 Å². The highest BCUT2D eigenvalue weighted by Gasteiger charge is 2.25. The first kappa shape index (κ1) is 23.7. The Hall–Kier alpha value is -1.94. The highest BCUT2D eigenvalue weighted by atomic mass is 127. The van der Waals surface area contributed by atoms with E-state index in [1.54, 1.807) is 6.20 Å². The van der Waals surface area contributed by atoms with E-state index in [4.69, 9.17) is 26.1 Å². The van der Waals surface area contributed by atoms with Crippen LogP contribution >= 0.6 is 35.6 Å². The first-order valence-corrected chi connectivity index (χ1v) is 10.9. The van der Waals surface area contributed by atoms with Gasteiger partial charge in [-0.2, -0.15) is 0 Å². The Morgan fingerprint density at radius 3 is 2.97 bits per heavy atom. The van der Waals surface area contributed by atoms with E-state index in [0.29, 0.717) is 24.8 Å². The summed E-state index contributed by atoms with van der Waals surface area (Å²) in [4.78, 5) is 11.4. The maximum absolute atomic E-state index is 6.31. The molecule has 1 atom stereocenters. The number of hydrogen-bond acceptors (Lipinski definition) is 5. The van der Waals surface area contributed by atoms with Crippen LogP contribution < -0.4 is 25.0 Å². The number of rotatable bonds is 5. The standard InChI is InChI=1S/C22H28ClN5O2.HI/c1-2-24-22(26-14-16-6-3-8-19-20(16)30-13-5-12-29-19)27-17-9-11-28(15-17)21-18(23)7-4-10-25-21;/h3-4,6-8,10,17H,2,5,9,11-15H2,1H3,(H2,24,26,27);1H. The minimum absolute atomic E-state index is 0. The number of aromatic nitrogens is 1. The number of nitrogens with one attached hydrogen (secondary N) is 2. The molecule has 0 saturated carbocycles. The van der Waals surface area contributed by atoms with Crippen LogP contribution in [-0.2, 0) is 6.54 Å². The van der Waals surface area contributed by atoms with E-state index in [1.807, 2.05) is 30.3 Å². The molecule has 2 N–H and O–H groups in total. The number of ether oxygens (including phenoxy) is 2. The van der Waals surface area contributed by atoms with Gasteiger partial charge in [-0.3, -0.25) is 0 Å². The van der Waals surface area contributed by atoms with E-state index in [9.17, 15) is 0 Å². The molecule has 1 unspecified atom stereocenters. The molecule has 9 heteroatoms. The Bertz CT molecular complexity index is 898. The number of nitrogens with zero attached hydrogens (tertiary/aromatic N) is 3. The van der Waals surface area contributed by atoms with Gasteiger partial charge in [0.15, 0.2) is 17.5 Å². The van der Waals surface area contributed by atoms with Gasteiger partial charge in [-0.05, 0) is 31.5 Å². The summed E-state index contributed by atoms with van der Waals surface area (Å²) in [5.41, 5.74) is 1.03. The number of anilines is 1. The molecule has 2 aromatic rings. The third kappa shape index (κ3) is 6.06. The van der Waals surface area contributed by atoms with Gasteiger partial charge in [-0.25, -0.2) is 9.98 Å². The van der Waals surface area contributed by atoms with Gasteiger partial charge in [-0.1, -0.05) is 23.7 Å². The summed E-state index contributed by atoms with van der Waals surface area (Å²) < 4.78 is 11.7. The quantitative estimate of drug-likeness (QED) is 0.331. The normalized spacial score (nSPS) is 18.2. The Morgan fingerprint density at radius 1 is 1.26 bits per heavy atom. The number of hydrogen-bond donors (Lipinski definition) is 2. The molecule has 0 aliphatic carbocycles. The molecule has 2 aliphatic rings. The molecule has 7 nitrogen and oxygen atoms in total. The van der Waals surface area contributed by atoms with Crippen LogP contribution in [0.5, 0.6) is 11.5 Å². The molecule has 4 rings (SSSR count). The molecule has 0 amide bonds. The van der Waals surface area contributed by atoms with Gasteiger partial charge >= 0.3 is 0 Å². The lowest BCUT2D eigenvalue weighted by Crippen LogP contribution is -2.44. The van der Waals surface area contributed by atoms with E-state index in [1.165, 1.54) is 0 Å². The summed E-state index contributed by atoms with van der Waals surface area (Å²) in [6, 6.07) is 9.99. The van der Waals surface area contributed by atoms with Gasteiger partial charge < -0.3 is 25.0 Å². The second kappa shape index (κ2) is 11.6. The molecule has 2 aliphatic heterocycles. The highest BCUT2D eigenvalue weighted by molar-refractivity contribution is 14.0. The van der Waals surface area contributed by atoms with E-state index in [2.05, 4.69) is 27.4 Å². The van der Waals surface area contributed by atoms with Gasteiger partial charge in [0.05, 0.1) is 24.8 Å². The van der Waals surface area contributed by atoms with Crippen molar-refractivity contribution in [3.8, 4) is 11.5 Å². The molecular weight excluding hydrogens is 529 g/mol. The predicted molar refractivity (Wildman–Crippen MR) is 135 cm³/mol. The first-order chi connectivity index (χ1) is 14.7. The van der Waals surface area contributed by atoms with Gasteiger partial charge in [0.25, 0.3) is 0 Å². The van der Waals surface area contributed by atoms with E-state index in [-0.39, 0.29) is 30.0 Å². The van der Waals surface area contributed by atoms with Gasteiger partial charge in [0.1, 0.15) is 5.82 Å². The van der Waals surface area contributed by atoms with Crippen molar-refractivity contribution in [2.45, 2.75) is 32.4 Å². The van der Waals surface area contributed by atoms with Crippen LogP contribution in [0.25, 0.3) is 0 Å². The molecular formula is C22H29ClIN5O2. The fraction of sp³-hybridized carbons (Fsp3) is 0.455. The maximum atomic E-state index is 6.31. The van der Waals surface area contributed by atoms with Crippen LogP contribution in [0.1, 0.15) is 25.3 Å². The SMILES string of the molecule is CCNC(=NCc1cccc2c1OCCCO2)NC1CCN(c2ncccc2Cl)C1.I. The average molecular weight is 558 g/mol. The summed E-state index contributed by atoms with van der Waals surface area (Å²) in [6.45, 7) is 6.47. The molecule has 3 heterocycles. The van der Waals surface area contributed by atoms with Crippen molar-refractivity contribution in [3.05, 3.63) is 47.1 Å². The van der Waals surface area contributed by atoms with Crippen LogP contribution in [0, 0.1) is 0 Å². The fourth-order valence-electron chi connectivity index (χ4n) is 3.74. The smallest absolute Gasteiger partial charge is 0.191 e. The monoisotopic (exact) mass is 557 g/mol. The Kier molecular flexibility index (Phi) is 8.89. The third-order valence-corrected chi connectivity index (χ3v) is 5.47. The molecule has 0 spiro atoms. The third-order valence-electron chi connectivity index (χ3n) is 5.17. The van der Waals surface area contributed by atoms with Crippen molar-refractivity contribution < 1.29 is 9.47 Å². The number of pyridine rings is 1. The van der Waals surface area contributed by atoms with Crippen LogP contribution in [0.3, 0.4) is 0 Å². The number of benzene rings is 1. The molecule has 168 valence electrons. The average Bonchev–Trinajstić information content (AvgIpc) is 3.07. The van der Waals surface area contributed by atoms with Crippen molar-refractivity contribution in [2.75, 3.05) is 37.7 Å². The fourth-order valence-corrected chi connectivity index (χ4v) is 3.98. The largest absolute Gasteiger partial charge is 0.490 e. The van der Waals surface area contributed by atoms with E-state index < -0.39 is 0 Å². The number of halogens is 2. The second-order valence-electron chi connectivity index (χ2n) is 7.37. The summed E-state index contributed by atoms with van der Waals surface area (Å²) in [6.07, 6.45) is 3.66. The molecule has 1 saturated heterocycles. The second-order valence-corrected chi connectivity index (χ2v) is 7.78. The van der Waals surface area contributed by atoms with E-state index in [0.717, 1.165) is 61.3 Å². The number of fused-ring (bicyclic) bond motifs is 1. The molecule has 0 radical (unpaired) electrons. The van der Waals surface area contributed by atoms with Gasteiger partial charge in [-0.15, -0.1) is 24.0 Å². The number of guanidine groups is 1. The summed E-state index contributed by atoms with van der Waals surface area (Å²) in [5.74, 6) is 3.25. The van der Waals surface area contributed by atoms with Crippen LogP contribution in [0.15, 0.2) is 41.5 Å². The summed E-state index contributed by atoms with van der Waals surface area (Å²) in [5, 5.41) is 7.58. The van der Waals surface area contributed by atoms with Crippen LogP contribution in [-0.4, -0.2) is 49.8 Å². The number of para-hydroxylation sites is 1. The molecule has 1 fully saturated rings. The van der Waals surface area contributed by atoms with Crippen LogP contribution in [0.4, 0.5) is 5.82 Å². The van der Waals surface area contributed by atoms with Crippen molar-refractivity contribution in [2.24, 2.45) is 4.99 Å². The minimum atomic E-state index is 0. The zero-order valence-electron chi connectivity index (χ0n) is 17.6. The Labute approximate surface area is 205 Å². The zero-order chi connectivity index (χ0) is 20.8.